The SMILES string of the molecule is COCOC1C=Cc2cc(OC)cc(O)c2C(=O)O[C@@H](C)C(C)=CCC(=O)CC1. The van der Waals surface area contributed by atoms with Crippen LogP contribution in [-0.4, -0.2) is 50.1 Å². The molecular weight excluding hydrogens is 376 g/mol. The zero-order chi connectivity index (χ0) is 21.4. The summed E-state index contributed by atoms with van der Waals surface area (Å²) in [5.41, 5.74) is 1.23. The summed E-state index contributed by atoms with van der Waals surface area (Å²) in [7, 11) is 2.99. The van der Waals surface area contributed by atoms with Crippen LogP contribution in [0.5, 0.6) is 11.5 Å². The number of carbonyl (C=O) groups is 2. The number of Topliss-reactive ketones (excluding diaryl/α,β-unsaturated/α-hetero) is 1. The Morgan fingerprint density at radius 1 is 1.24 bits per heavy atom. The van der Waals surface area contributed by atoms with Gasteiger partial charge in [0.2, 0.25) is 0 Å². The summed E-state index contributed by atoms with van der Waals surface area (Å²) in [6, 6.07) is 2.99. The fourth-order valence-corrected chi connectivity index (χ4v) is 2.85. The van der Waals surface area contributed by atoms with Gasteiger partial charge in [-0.1, -0.05) is 18.2 Å². The fourth-order valence-electron chi connectivity index (χ4n) is 2.85. The van der Waals surface area contributed by atoms with Gasteiger partial charge in [-0.25, -0.2) is 4.79 Å². The Labute approximate surface area is 170 Å². The first kappa shape index (κ1) is 22.6. The van der Waals surface area contributed by atoms with Gasteiger partial charge in [-0.05, 0) is 37.5 Å². The van der Waals surface area contributed by atoms with Crippen molar-refractivity contribution in [2.75, 3.05) is 21.0 Å². The van der Waals surface area contributed by atoms with E-state index >= 15 is 0 Å². The summed E-state index contributed by atoms with van der Waals surface area (Å²) in [5, 5.41) is 10.4. The molecule has 0 aromatic heterocycles. The van der Waals surface area contributed by atoms with Gasteiger partial charge in [-0.3, -0.25) is 4.79 Å². The topological polar surface area (TPSA) is 91.3 Å². The molecule has 1 N–H and O–H groups in total. The first-order valence-corrected chi connectivity index (χ1v) is 9.44. The minimum atomic E-state index is -0.664. The first-order valence-electron chi connectivity index (χ1n) is 9.44. The summed E-state index contributed by atoms with van der Waals surface area (Å²) >= 11 is 0. The molecule has 1 aromatic carbocycles. The number of carbonyl (C=O) groups excluding carboxylic acids is 2. The molecule has 1 aliphatic heterocycles. The zero-order valence-electron chi connectivity index (χ0n) is 17.3. The van der Waals surface area contributed by atoms with Gasteiger partial charge in [-0.15, -0.1) is 0 Å². The lowest BCUT2D eigenvalue weighted by Crippen LogP contribution is -2.18. The summed E-state index contributed by atoms with van der Waals surface area (Å²) in [4.78, 5) is 25.0. The standard InChI is InChI=1S/C22H28O7/c1-14-5-7-17(23)8-10-18(28-13-26-3)9-6-16-11-19(27-4)12-20(24)21(16)22(25)29-15(14)2/h5-6,9,11-12,15,18,24H,7-8,10,13H2,1-4H3/t15-,18?/m0/s1. The van der Waals surface area contributed by atoms with E-state index in [-0.39, 0.29) is 30.3 Å². The number of aromatic hydroxyl groups is 1. The molecule has 0 aliphatic carbocycles. The molecule has 1 aliphatic rings. The van der Waals surface area contributed by atoms with E-state index in [0.29, 0.717) is 24.2 Å². The van der Waals surface area contributed by atoms with Crippen LogP contribution in [0.15, 0.2) is 29.9 Å². The second-order valence-corrected chi connectivity index (χ2v) is 6.86. The molecule has 0 amide bonds. The summed E-state index contributed by atoms with van der Waals surface area (Å²) in [6.07, 6.45) is 5.28. The molecule has 1 heterocycles. The molecule has 7 heteroatoms. The van der Waals surface area contributed by atoms with E-state index in [1.54, 1.807) is 38.1 Å². The average Bonchev–Trinajstić information content (AvgIpc) is 2.69. The number of hydrogen-bond acceptors (Lipinski definition) is 7. The number of esters is 1. The average molecular weight is 404 g/mol. The highest BCUT2D eigenvalue weighted by molar-refractivity contribution is 5.97. The molecule has 1 unspecified atom stereocenters. The van der Waals surface area contributed by atoms with Crippen LogP contribution in [0.2, 0.25) is 0 Å². The molecule has 2 atom stereocenters. The molecule has 0 bridgehead atoms. The second kappa shape index (κ2) is 10.8. The zero-order valence-corrected chi connectivity index (χ0v) is 17.3. The Morgan fingerprint density at radius 3 is 2.69 bits per heavy atom. The summed E-state index contributed by atoms with van der Waals surface area (Å²) in [5.74, 6) is -0.435. The van der Waals surface area contributed by atoms with Crippen molar-refractivity contribution in [3.8, 4) is 11.5 Å². The molecule has 0 saturated heterocycles. The van der Waals surface area contributed by atoms with E-state index in [4.69, 9.17) is 18.9 Å². The highest BCUT2D eigenvalue weighted by Gasteiger charge is 2.22. The van der Waals surface area contributed by atoms with Gasteiger partial charge in [0.25, 0.3) is 0 Å². The Balaban J connectivity index is 2.49. The Morgan fingerprint density at radius 2 is 2.00 bits per heavy atom. The highest BCUT2D eigenvalue weighted by atomic mass is 16.7. The van der Waals surface area contributed by atoms with E-state index in [1.807, 2.05) is 0 Å². The van der Waals surface area contributed by atoms with Crippen LogP contribution in [0.4, 0.5) is 0 Å². The smallest absolute Gasteiger partial charge is 0.343 e. The molecule has 0 saturated carbocycles. The number of allylic oxidation sites excluding steroid dienone is 1. The van der Waals surface area contributed by atoms with Crippen molar-refractivity contribution in [1.82, 2.24) is 0 Å². The fraction of sp³-hybridized carbons (Fsp3) is 0.455. The quantitative estimate of drug-likeness (QED) is 0.465. The molecule has 0 fully saturated rings. The maximum atomic E-state index is 12.8. The normalized spacial score (nSPS) is 21.0. The minimum absolute atomic E-state index is 0.0420. The lowest BCUT2D eigenvalue weighted by Gasteiger charge is -2.18. The number of ketones is 1. The van der Waals surface area contributed by atoms with Crippen LogP contribution in [0.1, 0.15) is 49.0 Å². The number of cyclic esters (lactones) is 1. The second-order valence-electron chi connectivity index (χ2n) is 6.86. The van der Waals surface area contributed by atoms with Crippen LogP contribution in [-0.2, 0) is 19.0 Å². The number of methoxy groups -OCH3 is 2. The maximum Gasteiger partial charge on any atom is 0.343 e. The van der Waals surface area contributed by atoms with Gasteiger partial charge < -0.3 is 24.1 Å². The Kier molecular flexibility index (Phi) is 8.42. The van der Waals surface area contributed by atoms with Gasteiger partial charge >= 0.3 is 5.97 Å². The van der Waals surface area contributed by atoms with Gasteiger partial charge in [-0.2, -0.15) is 0 Å². The number of hydrogen-bond donors (Lipinski definition) is 1. The van der Waals surface area contributed by atoms with Crippen LogP contribution >= 0.6 is 0 Å². The summed E-state index contributed by atoms with van der Waals surface area (Å²) in [6.45, 7) is 3.60. The minimum Gasteiger partial charge on any atom is -0.507 e. The number of benzene rings is 1. The van der Waals surface area contributed by atoms with E-state index in [0.717, 1.165) is 5.57 Å². The molecule has 158 valence electrons. The molecule has 2 rings (SSSR count). The van der Waals surface area contributed by atoms with E-state index in [1.165, 1.54) is 20.3 Å². The van der Waals surface area contributed by atoms with E-state index in [2.05, 4.69) is 0 Å². The van der Waals surface area contributed by atoms with Crippen LogP contribution in [0.3, 0.4) is 0 Å². The van der Waals surface area contributed by atoms with Gasteiger partial charge in [0.05, 0.1) is 13.2 Å². The van der Waals surface area contributed by atoms with Gasteiger partial charge in [0, 0.05) is 26.0 Å². The number of ether oxygens (including phenoxy) is 4. The third kappa shape index (κ3) is 6.44. The van der Waals surface area contributed by atoms with Crippen molar-refractivity contribution in [2.24, 2.45) is 0 Å². The lowest BCUT2D eigenvalue weighted by molar-refractivity contribution is -0.119. The lowest BCUT2D eigenvalue weighted by atomic mass is 10.0. The predicted molar refractivity (Wildman–Crippen MR) is 108 cm³/mol. The third-order valence-electron chi connectivity index (χ3n) is 4.74. The molecule has 29 heavy (non-hydrogen) atoms. The number of fused-ring (bicyclic) bond motifs is 1. The maximum absolute atomic E-state index is 12.8. The number of phenols is 1. The van der Waals surface area contributed by atoms with Crippen molar-refractivity contribution in [3.63, 3.8) is 0 Å². The van der Waals surface area contributed by atoms with Gasteiger partial charge in [0.15, 0.2) is 0 Å². The van der Waals surface area contributed by atoms with Crippen LogP contribution in [0.25, 0.3) is 6.08 Å². The van der Waals surface area contributed by atoms with Crippen molar-refractivity contribution in [2.45, 2.75) is 45.3 Å². The Hall–Kier alpha value is -2.64. The highest BCUT2D eigenvalue weighted by Crippen LogP contribution is 2.30. The predicted octanol–water partition coefficient (Wildman–Crippen LogP) is 3.65. The Bertz CT molecular complexity index is 795. The van der Waals surface area contributed by atoms with Crippen LogP contribution in [0, 0.1) is 0 Å². The van der Waals surface area contributed by atoms with Gasteiger partial charge in [0.1, 0.15) is 35.7 Å². The summed E-state index contributed by atoms with van der Waals surface area (Å²) < 4.78 is 21.3. The molecule has 7 nitrogen and oxygen atoms in total. The first-order chi connectivity index (χ1) is 13.8. The molecule has 1 aromatic rings. The molecular formula is C22H28O7. The van der Waals surface area contributed by atoms with Crippen molar-refractivity contribution in [1.29, 1.82) is 0 Å². The van der Waals surface area contributed by atoms with Crippen molar-refractivity contribution in [3.05, 3.63) is 41.0 Å². The monoisotopic (exact) mass is 404 g/mol. The largest absolute Gasteiger partial charge is 0.507 e. The molecule has 0 radical (unpaired) electrons. The molecule has 0 spiro atoms. The van der Waals surface area contributed by atoms with E-state index in [9.17, 15) is 14.7 Å². The number of rotatable bonds is 4. The van der Waals surface area contributed by atoms with Crippen LogP contribution < -0.4 is 4.74 Å². The third-order valence-corrected chi connectivity index (χ3v) is 4.74. The van der Waals surface area contributed by atoms with Crippen molar-refractivity contribution < 1.29 is 33.6 Å². The van der Waals surface area contributed by atoms with E-state index < -0.39 is 18.2 Å². The number of phenolic OH excluding ortho intramolecular Hbond substituents is 1. The van der Waals surface area contributed by atoms with Crippen molar-refractivity contribution >= 4 is 17.8 Å².